The van der Waals surface area contributed by atoms with Crippen LogP contribution in [0.3, 0.4) is 0 Å². The van der Waals surface area contributed by atoms with E-state index in [9.17, 15) is 19.5 Å². The largest absolute Gasteiger partial charge is 0.491 e. The summed E-state index contributed by atoms with van der Waals surface area (Å²) in [6.45, 7) is 0.774. The van der Waals surface area contributed by atoms with E-state index in [2.05, 4.69) is 5.32 Å². The van der Waals surface area contributed by atoms with Gasteiger partial charge in [0.25, 0.3) is 5.91 Å². The molecule has 2 atom stereocenters. The van der Waals surface area contributed by atoms with Crippen LogP contribution in [0.25, 0.3) is 0 Å². The summed E-state index contributed by atoms with van der Waals surface area (Å²) in [7, 11) is 0. The number of nitriles is 1. The Bertz CT molecular complexity index is 1300. The number of anilines is 1. The van der Waals surface area contributed by atoms with Gasteiger partial charge in [0, 0.05) is 17.8 Å². The van der Waals surface area contributed by atoms with Crippen LogP contribution in [0.4, 0.5) is 5.69 Å². The quantitative estimate of drug-likeness (QED) is 0.391. The molecule has 38 heavy (non-hydrogen) atoms. The fourth-order valence-corrected chi connectivity index (χ4v) is 4.63. The highest BCUT2D eigenvalue weighted by Crippen LogP contribution is 2.29. The molecule has 1 saturated heterocycles. The van der Waals surface area contributed by atoms with E-state index in [1.165, 1.54) is 5.56 Å². The number of likely N-dealkylation sites (tertiary alicyclic amines) is 1. The van der Waals surface area contributed by atoms with Gasteiger partial charge in [-0.05, 0) is 73.4 Å². The van der Waals surface area contributed by atoms with Crippen LogP contribution in [-0.4, -0.2) is 47.0 Å². The van der Waals surface area contributed by atoms with Crippen molar-refractivity contribution < 1.29 is 24.2 Å². The molecule has 4 rings (SSSR count). The molecule has 8 nitrogen and oxygen atoms in total. The molecule has 1 fully saturated rings. The molecule has 0 saturated carbocycles. The molecule has 0 aliphatic carbocycles. The molecule has 8 heteroatoms. The minimum Gasteiger partial charge on any atom is -0.491 e. The Labute approximate surface area is 221 Å². The summed E-state index contributed by atoms with van der Waals surface area (Å²) in [5.41, 5.74) is 2.74. The number of hydrogen-bond acceptors (Lipinski definition) is 5. The first-order valence-electron chi connectivity index (χ1n) is 12.5. The van der Waals surface area contributed by atoms with E-state index in [0.717, 1.165) is 12.8 Å². The zero-order valence-electron chi connectivity index (χ0n) is 20.9. The molecule has 0 aromatic heterocycles. The summed E-state index contributed by atoms with van der Waals surface area (Å²) >= 11 is 0. The molecule has 2 amide bonds. The summed E-state index contributed by atoms with van der Waals surface area (Å²) < 4.78 is 5.96. The second kappa shape index (κ2) is 12.5. The highest BCUT2D eigenvalue weighted by molar-refractivity contribution is 6.04. The van der Waals surface area contributed by atoms with Gasteiger partial charge in [0.15, 0.2) is 0 Å². The van der Waals surface area contributed by atoms with Crippen molar-refractivity contribution in [2.75, 3.05) is 18.5 Å². The predicted molar refractivity (Wildman–Crippen MR) is 142 cm³/mol. The molecule has 0 spiro atoms. The number of carbonyl (C=O) groups is 3. The highest BCUT2D eigenvalue weighted by Gasteiger charge is 2.40. The maximum absolute atomic E-state index is 13.0. The van der Waals surface area contributed by atoms with Gasteiger partial charge in [-0.15, -0.1) is 0 Å². The first-order valence-corrected chi connectivity index (χ1v) is 12.5. The Morgan fingerprint density at radius 3 is 2.39 bits per heavy atom. The topological polar surface area (TPSA) is 120 Å². The van der Waals surface area contributed by atoms with Crippen LogP contribution in [0, 0.1) is 17.2 Å². The van der Waals surface area contributed by atoms with Crippen LogP contribution >= 0.6 is 0 Å². The first kappa shape index (κ1) is 26.4. The van der Waals surface area contributed by atoms with Gasteiger partial charge in [-0.2, -0.15) is 5.26 Å². The second-order valence-corrected chi connectivity index (χ2v) is 9.28. The van der Waals surface area contributed by atoms with E-state index in [1.54, 1.807) is 53.4 Å². The van der Waals surface area contributed by atoms with Crippen LogP contribution in [0.15, 0.2) is 78.9 Å². The fourth-order valence-electron chi connectivity index (χ4n) is 4.63. The van der Waals surface area contributed by atoms with Crippen molar-refractivity contribution in [2.45, 2.75) is 31.7 Å². The summed E-state index contributed by atoms with van der Waals surface area (Å²) in [5, 5.41) is 20.9. The number of benzene rings is 3. The molecule has 1 heterocycles. The number of rotatable bonds is 11. The number of aryl methyl sites for hydroxylation is 1. The number of nitrogens with zero attached hydrogens (tertiary/aromatic N) is 2. The van der Waals surface area contributed by atoms with Crippen molar-refractivity contribution in [3.63, 3.8) is 0 Å². The monoisotopic (exact) mass is 511 g/mol. The van der Waals surface area contributed by atoms with Crippen LogP contribution in [0.2, 0.25) is 0 Å². The average Bonchev–Trinajstić information content (AvgIpc) is 3.22. The van der Waals surface area contributed by atoms with E-state index >= 15 is 0 Å². The molecule has 0 unspecified atom stereocenters. The molecule has 3 aromatic carbocycles. The Hall–Kier alpha value is -4.64. The second-order valence-electron chi connectivity index (χ2n) is 9.28. The van der Waals surface area contributed by atoms with Gasteiger partial charge in [-0.3, -0.25) is 14.4 Å². The molecule has 1 aliphatic rings. The molecule has 194 valence electrons. The lowest BCUT2D eigenvalue weighted by Crippen LogP contribution is -2.38. The smallest absolute Gasteiger partial charge is 0.304 e. The van der Waals surface area contributed by atoms with Gasteiger partial charge in [-0.25, -0.2) is 0 Å². The number of carboxylic acid groups (broad SMARTS) is 1. The first-order chi connectivity index (χ1) is 18.4. The number of hydrogen-bond donors (Lipinski definition) is 2. The van der Waals surface area contributed by atoms with Crippen molar-refractivity contribution in [2.24, 2.45) is 5.92 Å². The minimum absolute atomic E-state index is 0.135. The normalized spacial score (nSPS) is 16.6. The third kappa shape index (κ3) is 6.98. The molecular formula is C30H29N3O5. The van der Waals surface area contributed by atoms with Crippen molar-refractivity contribution in [3.8, 4) is 11.8 Å². The van der Waals surface area contributed by atoms with Crippen molar-refractivity contribution >= 4 is 23.5 Å². The summed E-state index contributed by atoms with van der Waals surface area (Å²) in [4.78, 5) is 38.5. The molecule has 0 radical (unpaired) electrons. The van der Waals surface area contributed by atoms with Gasteiger partial charge in [0.1, 0.15) is 12.4 Å². The summed E-state index contributed by atoms with van der Waals surface area (Å²) in [5.74, 6) is -1.40. The molecule has 3 aromatic rings. The lowest BCUT2D eigenvalue weighted by atomic mass is 10.0. The Morgan fingerprint density at radius 2 is 1.74 bits per heavy atom. The molecular weight excluding hydrogens is 482 g/mol. The molecule has 0 bridgehead atoms. The van der Waals surface area contributed by atoms with Crippen LogP contribution in [-0.2, 0) is 16.0 Å². The Morgan fingerprint density at radius 1 is 1.03 bits per heavy atom. The van der Waals surface area contributed by atoms with E-state index < -0.39 is 11.9 Å². The molecule has 1 aliphatic heterocycles. The Balaban J connectivity index is 1.34. The van der Waals surface area contributed by atoms with E-state index in [1.807, 2.05) is 36.4 Å². The zero-order valence-corrected chi connectivity index (χ0v) is 20.9. The van der Waals surface area contributed by atoms with Crippen LogP contribution in [0.1, 0.15) is 40.7 Å². The van der Waals surface area contributed by atoms with E-state index in [0.29, 0.717) is 35.5 Å². The van der Waals surface area contributed by atoms with Crippen molar-refractivity contribution in [1.82, 2.24) is 4.90 Å². The standard InChI is InChI=1S/C30H29N3O5/c31-19-22-8-12-25(13-9-22)32-29(36)23-10-14-27(15-11-23)38-20-26-17-24(18-28(34)35)30(37)33(26)16-4-7-21-5-2-1-3-6-21/h1-3,5-6,8-15,24,26H,4,7,16-18,20H2,(H,32,36)(H,34,35)/t24-,26-/m0/s1. The van der Waals surface area contributed by atoms with Gasteiger partial charge >= 0.3 is 5.97 Å². The minimum atomic E-state index is -0.982. The molecule has 2 N–H and O–H groups in total. The summed E-state index contributed by atoms with van der Waals surface area (Å²) in [6.07, 6.45) is 1.85. The van der Waals surface area contributed by atoms with Crippen LogP contribution < -0.4 is 10.1 Å². The number of amides is 2. The van der Waals surface area contributed by atoms with Crippen molar-refractivity contribution in [1.29, 1.82) is 5.26 Å². The summed E-state index contributed by atoms with van der Waals surface area (Å²) in [6, 6.07) is 25.1. The third-order valence-corrected chi connectivity index (χ3v) is 6.59. The lowest BCUT2D eigenvalue weighted by Gasteiger charge is -2.25. The lowest BCUT2D eigenvalue weighted by molar-refractivity contribution is -0.142. The van der Waals surface area contributed by atoms with Gasteiger partial charge in [0.05, 0.1) is 30.0 Å². The van der Waals surface area contributed by atoms with Gasteiger partial charge in [0.2, 0.25) is 5.91 Å². The average molecular weight is 512 g/mol. The van der Waals surface area contributed by atoms with E-state index in [4.69, 9.17) is 10.00 Å². The number of carbonyl (C=O) groups excluding carboxylic acids is 2. The SMILES string of the molecule is N#Cc1ccc(NC(=O)c2ccc(OC[C@@H]3C[C@@H](CC(=O)O)C(=O)N3CCCc3ccccc3)cc2)cc1. The van der Waals surface area contributed by atoms with Crippen molar-refractivity contribution in [3.05, 3.63) is 95.6 Å². The number of aliphatic carboxylic acids is 1. The number of nitrogens with one attached hydrogen (secondary N) is 1. The fraction of sp³-hybridized carbons (Fsp3) is 0.267. The maximum atomic E-state index is 13.0. The van der Waals surface area contributed by atoms with E-state index in [-0.39, 0.29) is 30.9 Å². The number of ether oxygens (including phenoxy) is 1. The third-order valence-electron chi connectivity index (χ3n) is 6.59. The van der Waals surface area contributed by atoms with Crippen LogP contribution in [0.5, 0.6) is 5.75 Å². The Kier molecular flexibility index (Phi) is 8.73. The predicted octanol–water partition coefficient (Wildman–Crippen LogP) is 4.51. The van der Waals surface area contributed by atoms with Gasteiger partial charge in [-0.1, -0.05) is 30.3 Å². The zero-order chi connectivity index (χ0) is 26.9. The highest BCUT2D eigenvalue weighted by atomic mass is 16.5. The van der Waals surface area contributed by atoms with Gasteiger partial charge < -0.3 is 20.1 Å². The number of carboxylic acids is 1. The maximum Gasteiger partial charge on any atom is 0.304 e.